The summed E-state index contributed by atoms with van der Waals surface area (Å²) in [6.45, 7) is 4.88. The molecule has 1 fully saturated rings. The summed E-state index contributed by atoms with van der Waals surface area (Å²) in [4.78, 5) is 11.6. The Morgan fingerprint density at radius 1 is 1.53 bits per heavy atom. The second-order valence-corrected chi connectivity index (χ2v) is 4.79. The van der Waals surface area contributed by atoms with E-state index in [9.17, 15) is 4.79 Å². The largest absolute Gasteiger partial charge is 0.355 e. The van der Waals surface area contributed by atoms with Crippen LogP contribution in [0.1, 0.15) is 46.0 Å². The quantitative estimate of drug-likeness (QED) is 0.703. The Kier molecular flexibility index (Phi) is 5.09. The van der Waals surface area contributed by atoms with Gasteiger partial charge in [0.2, 0.25) is 5.91 Å². The molecule has 1 aliphatic rings. The van der Waals surface area contributed by atoms with E-state index in [2.05, 4.69) is 12.2 Å². The van der Waals surface area contributed by atoms with Gasteiger partial charge in [0.15, 0.2) is 0 Å². The first-order chi connectivity index (χ1) is 7.15. The van der Waals surface area contributed by atoms with E-state index in [4.69, 9.17) is 5.73 Å². The van der Waals surface area contributed by atoms with Crippen LogP contribution in [0.4, 0.5) is 0 Å². The molecule has 1 saturated carbocycles. The average molecular weight is 212 g/mol. The average Bonchev–Trinajstić information content (AvgIpc) is 2.19. The van der Waals surface area contributed by atoms with Crippen molar-refractivity contribution in [2.75, 3.05) is 6.54 Å². The molecule has 3 heteroatoms. The summed E-state index contributed by atoms with van der Waals surface area (Å²) >= 11 is 0. The van der Waals surface area contributed by atoms with Crippen LogP contribution in [0.25, 0.3) is 0 Å². The van der Waals surface area contributed by atoms with Gasteiger partial charge in [-0.2, -0.15) is 0 Å². The first-order valence-electron chi connectivity index (χ1n) is 6.18. The summed E-state index contributed by atoms with van der Waals surface area (Å²) in [5, 5.41) is 2.93. The fourth-order valence-electron chi connectivity index (χ4n) is 1.81. The van der Waals surface area contributed by atoms with Crippen molar-refractivity contribution in [2.24, 2.45) is 17.6 Å². The van der Waals surface area contributed by atoms with Crippen LogP contribution in [-0.2, 0) is 4.79 Å². The van der Waals surface area contributed by atoms with Crippen molar-refractivity contribution >= 4 is 5.91 Å². The van der Waals surface area contributed by atoms with Crippen molar-refractivity contribution in [1.82, 2.24) is 5.32 Å². The van der Waals surface area contributed by atoms with E-state index in [1.165, 1.54) is 19.3 Å². The first-order valence-corrected chi connectivity index (χ1v) is 6.18. The third-order valence-electron chi connectivity index (χ3n) is 3.64. The lowest BCUT2D eigenvalue weighted by molar-refractivity contribution is -0.123. The number of rotatable bonds is 6. The van der Waals surface area contributed by atoms with Crippen LogP contribution in [0.5, 0.6) is 0 Å². The number of amides is 1. The van der Waals surface area contributed by atoms with Crippen molar-refractivity contribution in [3.8, 4) is 0 Å². The smallest absolute Gasteiger partial charge is 0.237 e. The highest BCUT2D eigenvalue weighted by atomic mass is 16.2. The van der Waals surface area contributed by atoms with Gasteiger partial charge < -0.3 is 11.1 Å². The molecule has 1 amide bonds. The number of hydrogen-bond acceptors (Lipinski definition) is 2. The second kappa shape index (κ2) is 6.11. The maximum atomic E-state index is 11.6. The SMILES string of the molecule is CCC(C)[C@H](N)C(=O)NCCC1CCC1. The first kappa shape index (κ1) is 12.5. The Morgan fingerprint density at radius 2 is 2.20 bits per heavy atom. The zero-order valence-corrected chi connectivity index (χ0v) is 9.96. The second-order valence-electron chi connectivity index (χ2n) is 4.79. The van der Waals surface area contributed by atoms with Gasteiger partial charge in [-0.1, -0.05) is 39.5 Å². The van der Waals surface area contributed by atoms with Crippen LogP contribution < -0.4 is 11.1 Å². The van der Waals surface area contributed by atoms with Gasteiger partial charge in [0.05, 0.1) is 6.04 Å². The molecule has 3 N–H and O–H groups in total. The molecular formula is C12H24N2O. The Morgan fingerprint density at radius 3 is 2.67 bits per heavy atom. The predicted octanol–water partition coefficient (Wildman–Crippen LogP) is 1.67. The molecule has 0 aromatic heterocycles. The molecule has 88 valence electrons. The molecule has 0 spiro atoms. The molecule has 0 aromatic rings. The van der Waals surface area contributed by atoms with E-state index in [0.717, 1.165) is 25.3 Å². The highest BCUT2D eigenvalue weighted by Crippen LogP contribution is 2.28. The molecule has 2 atom stereocenters. The van der Waals surface area contributed by atoms with Crippen molar-refractivity contribution in [1.29, 1.82) is 0 Å². The zero-order valence-electron chi connectivity index (χ0n) is 9.96. The lowest BCUT2D eigenvalue weighted by atomic mass is 9.83. The van der Waals surface area contributed by atoms with E-state index >= 15 is 0 Å². The van der Waals surface area contributed by atoms with Crippen LogP contribution in [0, 0.1) is 11.8 Å². The number of hydrogen-bond donors (Lipinski definition) is 2. The van der Waals surface area contributed by atoms with Crippen molar-refractivity contribution < 1.29 is 4.79 Å². The summed E-state index contributed by atoms with van der Waals surface area (Å²) in [5.74, 6) is 1.14. The van der Waals surface area contributed by atoms with E-state index in [-0.39, 0.29) is 17.9 Å². The number of nitrogens with one attached hydrogen (secondary N) is 1. The van der Waals surface area contributed by atoms with E-state index in [1.807, 2.05) is 6.92 Å². The Labute approximate surface area is 92.8 Å². The fourth-order valence-corrected chi connectivity index (χ4v) is 1.81. The molecule has 0 aromatic carbocycles. The van der Waals surface area contributed by atoms with Crippen LogP contribution in [-0.4, -0.2) is 18.5 Å². The standard InChI is InChI=1S/C12H24N2O/c1-3-9(2)11(13)12(15)14-8-7-10-5-4-6-10/h9-11H,3-8,13H2,1-2H3,(H,14,15)/t9?,11-/m0/s1. The van der Waals surface area contributed by atoms with Gasteiger partial charge in [0.25, 0.3) is 0 Å². The zero-order chi connectivity index (χ0) is 11.3. The van der Waals surface area contributed by atoms with Crippen LogP contribution in [0.2, 0.25) is 0 Å². The third kappa shape index (κ3) is 3.82. The third-order valence-corrected chi connectivity index (χ3v) is 3.64. The minimum atomic E-state index is -0.337. The normalized spacial score (nSPS) is 20.5. The summed E-state index contributed by atoms with van der Waals surface area (Å²) in [6, 6.07) is -0.337. The minimum Gasteiger partial charge on any atom is -0.355 e. The van der Waals surface area contributed by atoms with Crippen LogP contribution in [0.3, 0.4) is 0 Å². The minimum absolute atomic E-state index is 0.0173. The van der Waals surface area contributed by atoms with Gasteiger partial charge >= 0.3 is 0 Å². The molecule has 0 saturated heterocycles. The maximum Gasteiger partial charge on any atom is 0.237 e. The Balaban J connectivity index is 2.11. The van der Waals surface area contributed by atoms with E-state index in [0.29, 0.717) is 0 Å². The molecule has 0 aliphatic heterocycles. The molecular weight excluding hydrogens is 188 g/mol. The van der Waals surface area contributed by atoms with Gasteiger partial charge in [0.1, 0.15) is 0 Å². The van der Waals surface area contributed by atoms with Crippen LogP contribution >= 0.6 is 0 Å². The molecule has 15 heavy (non-hydrogen) atoms. The highest BCUT2D eigenvalue weighted by molar-refractivity contribution is 5.81. The summed E-state index contributed by atoms with van der Waals surface area (Å²) in [7, 11) is 0. The molecule has 1 rings (SSSR count). The highest BCUT2D eigenvalue weighted by Gasteiger charge is 2.20. The molecule has 1 aliphatic carbocycles. The number of carbonyl (C=O) groups excluding carboxylic acids is 1. The molecule has 0 radical (unpaired) electrons. The van der Waals surface area contributed by atoms with E-state index in [1.54, 1.807) is 0 Å². The topological polar surface area (TPSA) is 55.1 Å². The van der Waals surface area contributed by atoms with Crippen molar-refractivity contribution in [3.63, 3.8) is 0 Å². The predicted molar refractivity (Wildman–Crippen MR) is 62.4 cm³/mol. The summed E-state index contributed by atoms with van der Waals surface area (Å²) in [5.41, 5.74) is 5.82. The monoisotopic (exact) mass is 212 g/mol. The summed E-state index contributed by atoms with van der Waals surface area (Å²) in [6.07, 6.45) is 6.13. The number of nitrogens with two attached hydrogens (primary N) is 1. The Hall–Kier alpha value is -0.570. The molecule has 1 unspecified atom stereocenters. The van der Waals surface area contributed by atoms with Crippen molar-refractivity contribution in [3.05, 3.63) is 0 Å². The van der Waals surface area contributed by atoms with E-state index < -0.39 is 0 Å². The number of carbonyl (C=O) groups is 1. The van der Waals surface area contributed by atoms with Crippen molar-refractivity contribution in [2.45, 2.75) is 52.0 Å². The Bertz CT molecular complexity index is 202. The molecule has 0 bridgehead atoms. The molecule has 3 nitrogen and oxygen atoms in total. The fraction of sp³-hybridized carbons (Fsp3) is 0.917. The van der Waals surface area contributed by atoms with Gasteiger partial charge in [-0.25, -0.2) is 0 Å². The lowest BCUT2D eigenvalue weighted by Gasteiger charge is -2.25. The lowest BCUT2D eigenvalue weighted by Crippen LogP contribution is -2.45. The van der Waals surface area contributed by atoms with Gasteiger partial charge in [-0.15, -0.1) is 0 Å². The summed E-state index contributed by atoms with van der Waals surface area (Å²) < 4.78 is 0. The van der Waals surface area contributed by atoms with Gasteiger partial charge in [-0.05, 0) is 18.3 Å². The van der Waals surface area contributed by atoms with Crippen LogP contribution in [0.15, 0.2) is 0 Å². The van der Waals surface area contributed by atoms with Gasteiger partial charge in [-0.3, -0.25) is 4.79 Å². The molecule has 0 heterocycles. The van der Waals surface area contributed by atoms with Gasteiger partial charge in [0, 0.05) is 6.54 Å². The maximum absolute atomic E-state index is 11.6.